The number of halogens is 1. The van der Waals surface area contributed by atoms with E-state index in [-0.39, 0.29) is 35.8 Å². The van der Waals surface area contributed by atoms with Gasteiger partial charge in [0.05, 0.1) is 12.2 Å². The number of thiazole rings is 1. The smallest absolute Gasteiger partial charge is 0.225 e. The lowest BCUT2D eigenvalue weighted by molar-refractivity contribution is -0.116. The molecule has 0 radical (unpaired) electrons. The van der Waals surface area contributed by atoms with Gasteiger partial charge in [-0.3, -0.25) is 4.79 Å². The van der Waals surface area contributed by atoms with E-state index in [9.17, 15) is 4.79 Å². The number of guanidine groups is 1. The minimum Gasteiger partial charge on any atom is -0.357 e. The van der Waals surface area contributed by atoms with Gasteiger partial charge in [-0.05, 0) is 18.6 Å². The van der Waals surface area contributed by atoms with Crippen LogP contribution >= 0.6 is 35.3 Å². The van der Waals surface area contributed by atoms with Crippen molar-refractivity contribution in [1.82, 2.24) is 15.6 Å². The van der Waals surface area contributed by atoms with Gasteiger partial charge >= 0.3 is 0 Å². The molecule has 8 heteroatoms. The van der Waals surface area contributed by atoms with Crippen molar-refractivity contribution in [3.8, 4) is 11.3 Å². The van der Waals surface area contributed by atoms with Gasteiger partial charge in [0.15, 0.2) is 5.96 Å². The Morgan fingerprint density at radius 2 is 1.94 bits per heavy atom. The summed E-state index contributed by atoms with van der Waals surface area (Å²) in [6, 6.07) is 18.1. The Bertz CT molecular complexity index is 1040. The van der Waals surface area contributed by atoms with E-state index in [0.29, 0.717) is 19.5 Å². The summed E-state index contributed by atoms with van der Waals surface area (Å²) in [7, 11) is 0. The number of hydrogen-bond donors (Lipinski definition) is 3. The van der Waals surface area contributed by atoms with Crippen LogP contribution in [-0.4, -0.2) is 29.9 Å². The average Bonchev–Trinajstić information content (AvgIpc) is 3.25. The number of carbonyl (C=O) groups is 1. The third-order valence-electron chi connectivity index (χ3n) is 4.96. The Morgan fingerprint density at radius 1 is 1.16 bits per heavy atom. The van der Waals surface area contributed by atoms with Crippen molar-refractivity contribution >= 4 is 52.9 Å². The molecule has 0 saturated heterocycles. The number of para-hydroxylation sites is 1. The number of rotatable bonds is 6. The Kier molecular flexibility index (Phi) is 8.42. The molecule has 1 unspecified atom stereocenters. The highest BCUT2D eigenvalue weighted by Gasteiger charge is 2.24. The number of benzene rings is 2. The number of fused-ring (bicyclic) bond motifs is 1. The van der Waals surface area contributed by atoms with Crippen LogP contribution in [0.4, 0.5) is 5.69 Å². The molecule has 1 aliphatic rings. The van der Waals surface area contributed by atoms with E-state index in [0.717, 1.165) is 40.0 Å². The maximum absolute atomic E-state index is 12.0. The summed E-state index contributed by atoms with van der Waals surface area (Å²) in [5.74, 6) is 0.902. The number of amides is 1. The van der Waals surface area contributed by atoms with Gasteiger partial charge in [-0.2, -0.15) is 0 Å². The molecule has 0 saturated carbocycles. The topological polar surface area (TPSA) is 78.4 Å². The number of anilines is 1. The number of nitrogens with zero attached hydrogens (tertiary/aromatic N) is 2. The largest absolute Gasteiger partial charge is 0.357 e. The van der Waals surface area contributed by atoms with Gasteiger partial charge in [0, 0.05) is 42.1 Å². The van der Waals surface area contributed by atoms with E-state index < -0.39 is 0 Å². The molecule has 3 N–H and O–H groups in total. The first-order valence-corrected chi connectivity index (χ1v) is 11.0. The predicted molar refractivity (Wildman–Crippen MR) is 138 cm³/mol. The summed E-state index contributed by atoms with van der Waals surface area (Å²) < 4.78 is 0. The zero-order chi connectivity index (χ0) is 20.8. The van der Waals surface area contributed by atoms with E-state index in [2.05, 4.69) is 39.5 Å². The van der Waals surface area contributed by atoms with E-state index >= 15 is 0 Å². The molecule has 162 valence electrons. The molecule has 1 aromatic heterocycles. The molecule has 2 aromatic carbocycles. The second kappa shape index (κ2) is 11.2. The molecule has 0 fully saturated rings. The second-order valence-corrected chi connectivity index (χ2v) is 8.05. The lowest BCUT2D eigenvalue weighted by atomic mass is 9.90. The third-order valence-corrected chi connectivity index (χ3v) is 5.79. The van der Waals surface area contributed by atoms with Crippen LogP contribution in [0, 0.1) is 0 Å². The summed E-state index contributed by atoms with van der Waals surface area (Å²) in [6.45, 7) is 3.95. The summed E-state index contributed by atoms with van der Waals surface area (Å²) >= 11 is 1.61. The molecule has 4 rings (SSSR count). The van der Waals surface area contributed by atoms with Gasteiger partial charge in [-0.1, -0.05) is 48.5 Å². The first-order valence-electron chi connectivity index (χ1n) is 10.1. The number of aromatic nitrogens is 1. The number of hydrogen-bond acceptors (Lipinski definition) is 4. The fraction of sp³-hybridized carbons (Fsp3) is 0.261. The molecule has 3 aromatic rings. The quantitative estimate of drug-likeness (QED) is 0.239. The van der Waals surface area contributed by atoms with Crippen molar-refractivity contribution < 1.29 is 4.79 Å². The standard InChI is InChI=1S/C23H25N5OS.HI/c1-2-24-23(25-13-17-12-21(29)27-19-11-7-6-10-18(17)19)26-14-22-28-20(15-30-22)16-8-4-3-5-9-16;/h3-11,15,17H,2,12-14H2,1H3,(H,27,29)(H2,24,25,26);1H. The Labute approximate surface area is 203 Å². The van der Waals surface area contributed by atoms with Gasteiger partial charge in [0.2, 0.25) is 5.91 Å². The van der Waals surface area contributed by atoms with Gasteiger partial charge in [-0.25, -0.2) is 9.98 Å². The van der Waals surface area contributed by atoms with Crippen LogP contribution in [0.25, 0.3) is 11.3 Å². The summed E-state index contributed by atoms with van der Waals surface area (Å²) in [5.41, 5.74) is 4.16. The maximum atomic E-state index is 12.0. The van der Waals surface area contributed by atoms with Crippen molar-refractivity contribution in [2.75, 3.05) is 18.4 Å². The van der Waals surface area contributed by atoms with Gasteiger partial charge in [0.1, 0.15) is 5.01 Å². The first-order chi connectivity index (χ1) is 14.7. The average molecular weight is 547 g/mol. The molecular formula is C23H26IN5OS. The lowest BCUT2D eigenvalue weighted by Crippen LogP contribution is -2.40. The number of carbonyl (C=O) groups excluding carboxylic acids is 1. The molecule has 2 heterocycles. The summed E-state index contributed by atoms with van der Waals surface area (Å²) in [6.07, 6.45) is 0.469. The van der Waals surface area contributed by atoms with Crippen molar-refractivity contribution in [3.05, 3.63) is 70.5 Å². The number of aliphatic imine (C=N–C) groups is 1. The Morgan fingerprint density at radius 3 is 2.74 bits per heavy atom. The number of nitrogens with one attached hydrogen (secondary N) is 3. The third kappa shape index (κ3) is 6.04. The Hall–Kier alpha value is -2.46. The zero-order valence-corrected chi connectivity index (χ0v) is 20.4. The molecule has 31 heavy (non-hydrogen) atoms. The van der Waals surface area contributed by atoms with E-state index in [4.69, 9.17) is 9.98 Å². The molecular weight excluding hydrogens is 521 g/mol. The van der Waals surface area contributed by atoms with Crippen LogP contribution < -0.4 is 16.0 Å². The molecule has 0 aliphatic carbocycles. The minimum absolute atomic E-state index is 0. The fourth-order valence-electron chi connectivity index (χ4n) is 3.52. The second-order valence-electron chi connectivity index (χ2n) is 7.11. The van der Waals surface area contributed by atoms with E-state index in [1.165, 1.54) is 0 Å². The van der Waals surface area contributed by atoms with Crippen LogP contribution in [-0.2, 0) is 11.3 Å². The van der Waals surface area contributed by atoms with E-state index in [1.807, 2.05) is 43.3 Å². The van der Waals surface area contributed by atoms with E-state index in [1.54, 1.807) is 11.3 Å². The minimum atomic E-state index is 0. The Balaban J connectivity index is 0.00000272. The van der Waals surface area contributed by atoms with Gasteiger partial charge in [-0.15, -0.1) is 35.3 Å². The lowest BCUT2D eigenvalue weighted by Gasteiger charge is -2.26. The maximum Gasteiger partial charge on any atom is 0.225 e. The van der Waals surface area contributed by atoms with Crippen molar-refractivity contribution in [1.29, 1.82) is 0 Å². The SMILES string of the molecule is CCNC(=NCc1nc(-c2ccccc2)cs1)NCC1CC(=O)Nc2ccccc21.I. The summed E-state index contributed by atoms with van der Waals surface area (Å²) in [4.78, 5) is 21.4. The molecule has 0 spiro atoms. The zero-order valence-electron chi connectivity index (χ0n) is 17.3. The molecule has 1 aliphatic heterocycles. The van der Waals surface area contributed by atoms with Crippen LogP contribution in [0.5, 0.6) is 0 Å². The van der Waals surface area contributed by atoms with Crippen LogP contribution in [0.2, 0.25) is 0 Å². The highest BCUT2D eigenvalue weighted by Crippen LogP contribution is 2.31. The normalized spacial score (nSPS) is 15.5. The predicted octanol–water partition coefficient (Wildman–Crippen LogP) is 4.61. The summed E-state index contributed by atoms with van der Waals surface area (Å²) in [5, 5.41) is 12.7. The van der Waals surface area contributed by atoms with Gasteiger partial charge < -0.3 is 16.0 Å². The highest BCUT2D eigenvalue weighted by atomic mass is 127. The first kappa shape index (κ1) is 23.2. The van der Waals surface area contributed by atoms with Crippen LogP contribution in [0.1, 0.15) is 29.8 Å². The van der Waals surface area contributed by atoms with Gasteiger partial charge in [0.25, 0.3) is 0 Å². The van der Waals surface area contributed by atoms with Crippen molar-refractivity contribution in [2.24, 2.45) is 4.99 Å². The molecule has 6 nitrogen and oxygen atoms in total. The van der Waals surface area contributed by atoms with Crippen molar-refractivity contribution in [2.45, 2.75) is 25.8 Å². The molecule has 1 atom stereocenters. The van der Waals surface area contributed by atoms with Crippen molar-refractivity contribution in [3.63, 3.8) is 0 Å². The van der Waals surface area contributed by atoms with Crippen LogP contribution in [0.3, 0.4) is 0 Å². The fourth-order valence-corrected chi connectivity index (χ4v) is 4.24. The highest BCUT2D eigenvalue weighted by molar-refractivity contribution is 14.0. The molecule has 1 amide bonds. The molecule has 0 bridgehead atoms. The van der Waals surface area contributed by atoms with Crippen LogP contribution in [0.15, 0.2) is 65.0 Å². The monoisotopic (exact) mass is 547 g/mol.